The minimum Gasteiger partial charge on any atom is -0.488 e. The fraction of sp³-hybridized carbons (Fsp3) is 0.231. The highest BCUT2D eigenvalue weighted by Crippen LogP contribution is 2.39. The minimum absolute atomic E-state index is 0.0607. The molecule has 6 heteroatoms. The highest BCUT2D eigenvalue weighted by atomic mass is 16.7. The highest BCUT2D eigenvalue weighted by molar-refractivity contribution is 5.97. The summed E-state index contributed by atoms with van der Waals surface area (Å²) in [5.41, 5.74) is 11.4. The fourth-order valence-corrected chi connectivity index (χ4v) is 3.78. The fourth-order valence-electron chi connectivity index (χ4n) is 3.78. The molecule has 4 aromatic rings. The molecule has 3 N–H and O–H groups in total. The van der Waals surface area contributed by atoms with Crippen molar-refractivity contribution >= 4 is 11.0 Å². The number of rotatable bonds is 10. The second-order valence-electron chi connectivity index (χ2n) is 7.40. The van der Waals surface area contributed by atoms with E-state index in [0.717, 1.165) is 44.5 Å². The Bertz CT molecular complexity index is 1180. The van der Waals surface area contributed by atoms with E-state index in [4.69, 9.17) is 24.4 Å². The number of furan rings is 1. The van der Waals surface area contributed by atoms with E-state index in [1.165, 1.54) is 0 Å². The molecule has 0 amide bonds. The van der Waals surface area contributed by atoms with Crippen molar-refractivity contribution in [3.8, 4) is 22.6 Å². The van der Waals surface area contributed by atoms with Gasteiger partial charge in [0, 0.05) is 31.4 Å². The molecule has 0 aliphatic heterocycles. The van der Waals surface area contributed by atoms with Crippen LogP contribution in [-0.2, 0) is 24.3 Å². The largest absolute Gasteiger partial charge is 0.488 e. The zero-order valence-corrected chi connectivity index (χ0v) is 18.0. The lowest BCUT2D eigenvalue weighted by molar-refractivity contribution is 0.0508. The topological polar surface area (TPSA) is 87.1 Å². The van der Waals surface area contributed by atoms with Gasteiger partial charge in [-0.05, 0) is 47.4 Å². The Kier molecular flexibility index (Phi) is 7.07. The molecule has 166 valence electrons. The molecule has 0 atom stereocenters. The van der Waals surface area contributed by atoms with Gasteiger partial charge in [-0.15, -0.1) is 0 Å². The lowest BCUT2D eigenvalue weighted by Crippen LogP contribution is -2.06. The van der Waals surface area contributed by atoms with Gasteiger partial charge in [-0.25, -0.2) is 0 Å². The van der Waals surface area contributed by atoms with Gasteiger partial charge in [0.1, 0.15) is 23.7 Å². The zero-order chi connectivity index (χ0) is 22.3. The van der Waals surface area contributed by atoms with Crippen LogP contribution in [0.25, 0.3) is 22.1 Å². The molecule has 0 aliphatic carbocycles. The molecule has 1 aromatic heterocycles. The van der Waals surface area contributed by atoms with Crippen LogP contribution in [0, 0.1) is 0 Å². The predicted octanol–water partition coefficient (Wildman–Crippen LogP) is 4.66. The van der Waals surface area contributed by atoms with Crippen molar-refractivity contribution in [3.63, 3.8) is 0 Å². The Morgan fingerprint density at radius 3 is 2.66 bits per heavy atom. The quantitative estimate of drug-likeness (QED) is 0.354. The molecule has 4 rings (SSSR count). The summed E-state index contributed by atoms with van der Waals surface area (Å²) in [5.74, 6) is 1.40. The van der Waals surface area contributed by atoms with Gasteiger partial charge in [-0.3, -0.25) is 0 Å². The van der Waals surface area contributed by atoms with Gasteiger partial charge < -0.3 is 29.5 Å². The Hall–Kier alpha value is -3.32. The summed E-state index contributed by atoms with van der Waals surface area (Å²) < 4.78 is 23.1. The number of hydrogen-bond donors (Lipinski definition) is 2. The molecule has 3 aromatic carbocycles. The van der Waals surface area contributed by atoms with E-state index in [1.807, 2.05) is 54.6 Å². The average molecular weight is 434 g/mol. The summed E-state index contributed by atoms with van der Waals surface area (Å²) in [5, 5.41) is 10.2. The first-order chi connectivity index (χ1) is 15.7. The van der Waals surface area contributed by atoms with Crippen LogP contribution < -0.4 is 15.2 Å². The van der Waals surface area contributed by atoms with Crippen LogP contribution >= 0.6 is 0 Å². The van der Waals surface area contributed by atoms with Gasteiger partial charge in [0.15, 0.2) is 6.79 Å². The third-order valence-electron chi connectivity index (χ3n) is 5.30. The number of ether oxygens (including phenoxy) is 3. The van der Waals surface area contributed by atoms with E-state index in [9.17, 15) is 5.11 Å². The highest BCUT2D eigenvalue weighted by Gasteiger charge is 2.18. The van der Waals surface area contributed by atoms with Crippen LogP contribution in [0.4, 0.5) is 0 Å². The lowest BCUT2D eigenvalue weighted by atomic mass is 9.98. The maximum absolute atomic E-state index is 9.36. The molecule has 0 unspecified atom stereocenters. The second kappa shape index (κ2) is 10.3. The normalized spacial score (nSPS) is 11.1. The Labute approximate surface area is 187 Å². The number of aliphatic hydroxyl groups is 1. The van der Waals surface area contributed by atoms with E-state index in [0.29, 0.717) is 18.7 Å². The lowest BCUT2D eigenvalue weighted by Gasteiger charge is -2.17. The summed E-state index contributed by atoms with van der Waals surface area (Å²) in [6.45, 7) is 0.912. The van der Waals surface area contributed by atoms with E-state index >= 15 is 0 Å². The molecule has 0 saturated heterocycles. The van der Waals surface area contributed by atoms with Crippen LogP contribution in [-0.4, -0.2) is 25.6 Å². The van der Waals surface area contributed by atoms with E-state index in [1.54, 1.807) is 13.4 Å². The third kappa shape index (κ3) is 4.62. The van der Waals surface area contributed by atoms with Gasteiger partial charge in [-0.1, -0.05) is 36.4 Å². The summed E-state index contributed by atoms with van der Waals surface area (Å²) in [4.78, 5) is 0. The standard InChI is InChI=1S/C26H27NO5/c1-29-17-32-25-21(16-31-24-8-3-2-6-19(24)9-11-28)14-23(26-22(25)10-12-30-26)20-7-4-5-18(13-20)15-27/h2-8,10,12-14,28H,9,11,15-17,27H2,1H3. The van der Waals surface area contributed by atoms with E-state index < -0.39 is 0 Å². The van der Waals surface area contributed by atoms with Gasteiger partial charge in [0.05, 0.1) is 11.6 Å². The zero-order valence-electron chi connectivity index (χ0n) is 18.0. The van der Waals surface area contributed by atoms with Crippen molar-refractivity contribution in [2.75, 3.05) is 20.5 Å². The van der Waals surface area contributed by atoms with Crippen molar-refractivity contribution in [2.45, 2.75) is 19.6 Å². The van der Waals surface area contributed by atoms with Crippen molar-refractivity contribution in [1.82, 2.24) is 0 Å². The monoisotopic (exact) mass is 433 g/mol. The Morgan fingerprint density at radius 2 is 1.84 bits per heavy atom. The summed E-state index contributed by atoms with van der Waals surface area (Å²) in [6.07, 6.45) is 2.18. The van der Waals surface area contributed by atoms with E-state index in [-0.39, 0.29) is 20.0 Å². The molecule has 0 saturated carbocycles. The molecule has 6 nitrogen and oxygen atoms in total. The molecular weight excluding hydrogens is 406 g/mol. The number of methoxy groups -OCH3 is 1. The smallest absolute Gasteiger partial charge is 0.188 e. The van der Waals surface area contributed by atoms with Crippen LogP contribution in [0.15, 0.2) is 71.3 Å². The first-order valence-electron chi connectivity index (χ1n) is 10.5. The second-order valence-corrected chi connectivity index (χ2v) is 7.40. The number of aliphatic hydroxyl groups excluding tert-OH is 1. The molecule has 32 heavy (non-hydrogen) atoms. The number of hydrogen-bond acceptors (Lipinski definition) is 6. The van der Waals surface area contributed by atoms with Crippen molar-refractivity contribution in [2.24, 2.45) is 5.73 Å². The molecule has 0 radical (unpaired) electrons. The van der Waals surface area contributed by atoms with Gasteiger partial charge in [-0.2, -0.15) is 0 Å². The summed E-state index contributed by atoms with van der Waals surface area (Å²) in [7, 11) is 1.58. The van der Waals surface area contributed by atoms with Crippen LogP contribution in [0.2, 0.25) is 0 Å². The van der Waals surface area contributed by atoms with Crippen molar-refractivity contribution in [3.05, 3.63) is 83.6 Å². The van der Waals surface area contributed by atoms with Crippen molar-refractivity contribution in [1.29, 1.82) is 0 Å². The Balaban J connectivity index is 1.77. The molecule has 0 fully saturated rings. The summed E-state index contributed by atoms with van der Waals surface area (Å²) in [6, 6.07) is 19.7. The number of benzene rings is 3. The maximum Gasteiger partial charge on any atom is 0.188 e. The minimum atomic E-state index is 0.0607. The van der Waals surface area contributed by atoms with Gasteiger partial charge in [0.25, 0.3) is 0 Å². The maximum atomic E-state index is 9.36. The predicted molar refractivity (Wildman–Crippen MR) is 124 cm³/mol. The Morgan fingerprint density at radius 1 is 0.969 bits per heavy atom. The third-order valence-corrected chi connectivity index (χ3v) is 5.30. The SMILES string of the molecule is COCOc1c(COc2ccccc2CCO)cc(-c2cccc(CN)c2)c2occc12. The van der Waals surface area contributed by atoms with Crippen LogP contribution in [0.5, 0.6) is 11.5 Å². The van der Waals surface area contributed by atoms with Gasteiger partial charge in [0.2, 0.25) is 0 Å². The molecular formula is C26H27NO5. The van der Waals surface area contributed by atoms with Crippen molar-refractivity contribution < 1.29 is 23.7 Å². The van der Waals surface area contributed by atoms with Crippen LogP contribution in [0.1, 0.15) is 16.7 Å². The number of fused-ring (bicyclic) bond motifs is 1. The van der Waals surface area contributed by atoms with Crippen LogP contribution in [0.3, 0.4) is 0 Å². The number of nitrogens with two attached hydrogens (primary N) is 1. The number of para-hydroxylation sites is 1. The average Bonchev–Trinajstić information content (AvgIpc) is 3.32. The first kappa shape index (κ1) is 21.9. The first-order valence-corrected chi connectivity index (χ1v) is 10.5. The molecule has 0 spiro atoms. The van der Waals surface area contributed by atoms with E-state index in [2.05, 4.69) is 6.07 Å². The molecule has 0 bridgehead atoms. The molecule has 0 aliphatic rings. The summed E-state index contributed by atoms with van der Waals surface area (Å²) >= 11 is 0. The molecule has 1 heterocycles. The van der Waals surface area contributed by atoms with Gasteiger partial charge >= 0.3 is 0 Å².